The van der Waals surface area contributed by atoms with E-state index >= 15 is 0 Å². The molecule has 20 heavy (non-hydrogen) atoms. The molecule has 0 saturated carbocycles. The highest BCUT2D eigenvalue weighted by molar-refractivity contribution is 7.91. The van der Waals surface area contributed by atoms with Crippen LogP contribution in [0.25, 0.3) is 0 Å². The van der Waals surface area contributed by atoms with Gasteiger partial charge in [0.05, 0.1) is 6.61 Å². The van der Waals surface area contributed by atoms with Crippen LogP contribution < -0.4 is 4.72 Å². The second-order valence-corrected chi connectivity index (χ2v) is 7.54. The van der Waals surface area contributed by atoms with Gasteiger partial charge in [0.15, 0.2) is 0 Å². The molecule has 108 valence electrons. The Balaban J connectivity index is 2.04. The van der Waals surface area contributed by atoms with E-state index in [1.165, 1.54) is 11.6 Å². The minimum Gasteiger partial charge on any atom is -0.391 e. The molecule has 0 aliphatic rings. The first-order chi connectivity index (χ1) is 9.55. The lowest BCUT2D eigenvalue weighted by Gasteiger charge is -2.05. The molecular weight excluding hydrogens is 294 g/mol. The van der Waals surface area contributed by atoms with E-state index < -0.39 is 10.0 Å². The van der Waals surface area contributed by atoms with E-state index in [0.29, 0.717) is 4.88 Å². The maximum Gasteiger partial charge on any atom is 0.250 e. The van der Waals surface area contributed by atoms with Crippen molar-refractivity contribution >= 4 is 21.4 Å². The van der Waals surface area contributed by atoms with Crippen LogP contribution in [0.15, 0.2) is 40.6 Å². The van der Waals surface area contributed by atoms with Gasteiger partial charge in [-0.15, -0.1) is 11.3 Å². The van der Waals surface area contributed by atoms with Crippen LogP contribution in [0.1, 0.15) is 22.9 Å². The fraction of sp³-hybridized carbons (Fsp3) is 0.286. The van der Waals surface area contributed by atoms with Gasteiger partial charge in [0.1, 0.15) is 4.21 Å². The van der Waals surface area contributed by atoms with E-state index in [2.05, 4.69) is 11.6 Å². The lowest BCUT2D eigenvalue weighted by atomic mass is 10.1. The van der Waals surface area contributed by atoms with Crippen LogP contribution in [0.4, 0.5) is 0 Å². The van der Waals surface area contributed by atoms with Crippen molar-refractivity contribution in [2.24, 2.45) is 0 Å². The molecule has 1 aromatic heterocycles. The molecule has 6 heteroatoms. The average molecular weight is 311 g/mol. The summed E-state index contributed by atoms with van der Waals surface area (Å²) in [6.45, 7) is 2.20. The zero-order chi connectivity index (χ0) is 14.6. The molecule has 0 saturated heterocycles. The van der Waals surface area contributed by atoms with E-state index in [9.17, 15) is 8.42 Å². The Morgan fingerprint density at radius 1 is 1.10 bits per heavy atom. The van der Waals surface area contributed by atoms with Gasteiger partial charge in [-0.25, -0.2) is 13.1 Å². The van der Waals surface area contributed by atoms with Crippen LogP contribution >= 0.6 is 11.3 Å². The fourth-order valence-electron chi connectivity index (χ4n) is 1.73. The molecule has 0 spiro atoms. The molecule has 0 amide bonds. The summed E-state index contributed by atoms with van der Waals surface area (Å²) in [6.07, 6.45) is 0.963. The van der Waals surface area contributed by atoms with E-state index in [0.717, 1.165) is 23.3 Å². The molecular formula is C14H17NO3S2. The molecule has 1 aromatic carbocycles. The molecule has 0 bridgehead atoms. The Morgan fingerprint density at radius 2 is 1.75 bits per heavy atom. The third-order valence-electron chi connectivity index (χ3n) is 2.96. The van der Waals surface area contributed by atoms with Crippen LogP contribution in [0.2, 0.25) is 0 Å². The Labute approximate surface area is 123 Å². The molecule has 0 unspecified atom stereocenters. The zero-order valence-corrected chi connectivity index (χ0v) is 12.8. The minimum atomic E-state index is -3.51. The smallest absolute Gasteiger partial charge is 0.250 e. The molecule has 0 aliphatic carbocycles. The summed E-state index contributed by atoms with van der Waals surface area (Å²) in [5, 5.41) is 8.97. The number of aliphatic hydroxyl groups is 1. The highest BCUT2D eigenvalue weighted by atomic mass is 32.2. The topological polar surface area (TPSA) is 66.4 Å². The largest absolute Gasteiger partial charge is 0.391 e. The first-order valence-electron chi connectivity index (χ1n) is 6.32. The van der Waals surface area contributed by atoms with Crippen LogP contribution in [0.3, 0.4) is 0 Å². The van der Waals surface area contributed by atoms with Crippen molar-refractivity contribution in [2.75, 3.05) is 0 Å². The fourth-order valence-corrected chi connectivity index (χ4v) is 4.01. The normalized spacial score (nSPS) is 11.7. The molecule has 2 aromatic rings. The second kappa shape index (κ2) is 6.49. The van der Waals surface area contributed by atoms with Crippen LogP contribution in [0, 0.1) is 0 Å². The molecule has 2 rings (SSSR count). The van der Waals surface area contributed by atoms with Crippen molar-refractivity contribution in [3.05, 3.63) is 52.4 Å². The van der Waals surface area contributed by atoms with Crippen molar-refractivity contribution in [1.82, 2.24) is 4.72 Å². The summed E-state index contributed by atoms with van der Waals surface area (Å²) in [6, 6.07) is 11.0. The molecule has 1 heterocycles. The third-order valence-corrected chi connectivity index (χ3v) is 5.92. The van der Waals surface area contributed by atoms with Crippen LogP contribution in [0.5, 0.6) is 0 Å². The number of thiophene rings is 1. The monoisotopic (exact) mass is 311 g/mol. The molecule has 0 aliphatic heterocycles. The number of sulfonamides is 1. The summed E-state index contributed by atoms with van der Waals surface area (Å²) < 4.78 is 26.9. The van der Waals surface area contributed by atoms with E-state index in [-0.39, 0.29) is 17.4 Å². The van der Waals surface area contributed by atoms with Gasteiger partial charge in [-0.05, 0) is 29.7 Å². The average Bonchev–Trinajstić information content (AvgIpc) is 2.95. The number of hydrogen-bond donors (Lipinski definition) is 2. The Hall–Kier alpha value is -1.21. The van der Waals surface area contributed by atoms with E-state index in [1.807, 2.05) is 24.3 Å². The zero-order valence-electron chi connectivity index (χ0n) is 11.2. The number of hydrogen-bond acceptors (Lipinski definition) is 4. The standard InChI is InChI=1S/C14H17NO3S2/c1-2-11-3-5-12(6-4-11)9-15-20(17,18)14-8-7-13(10-16)19-14/h3-8,15-16H,2,9-10H2,1H3. The summed E-state index contributed by atoms with van der Waals surface area (Å²) in [7, 11) is -3.51. The van der Waals surface area contributed by atoms with Gasteiger partial charge in [-0.3, -0.25) is 0 Å². The van der Waals surface area contributed by atoms with Crippen LogP contribution in [-0.2, 0) is 29.6 Å². The Bertz CT molecular complexity index is 660. The number of aryl methyl sites for hydroxylation is 1. The molecule has 4 nitrogen and oxygen atoms in total. The quantitative estimate of drug-likeness (QED) is 0.860. The minimum absolute atomic E-state index is 0.140. The lowest BCUT2D eigenvalue weighted by Crippen LogP contribution is -2.22. The number of benzene rings is 1. The van der Waals surface area contributed by atoms with Gasteiger partial charge in [0.2, 0.25) is 10.0 Å². The number of nitrogens with one attached hydrogen (secondary N) is 1. The first-order valence-corrected chi connectivity index (χ1v) is 8.62. The maximum absolute atomic E-state index is 12.1. The van der Waals surface area contributed by atoms with Crippen molar-refractivity contribution in [1.29, 1.82) is 0 Å². The van der Waals surface area contributed by atoms with Crippen molar-refractivity contribution < 1.29 is 13.5 Å². The van der Waals surface area contributed by atoms with E-state index in [1.54, 1.807) is 6.07 Å². The van der Waals surface area contributed by atoms with Crippen molar-refractivity contribution in [3.8, 4) is 0 Å². The summed E-state index contributed by atoms with van der Waals surface area (Å²) >= 11 is 1.08. The van der Waals surface area contributed by atoms with Crippen molar-refractivity contribution in [2.45, 2.75) is 30.7 Å². The number of aliphatic hydroxyl groups excluding tert-OH is 1. The second-order valence-electron chi connectivity index (χ2n) is 4.37. The van der Waals surface area contributed by atoms with Gasteiger partial charge in [0, 0.05) is 11.4 Å². The third kappa shape index (κ3) is 3.67. The first kappa shape index (κ1) is 15.2. The Kier molecular flexibility index (Phi) is 4.93. The van der Waals surface area contributed by atoms with Gasteiger partial charge >= 0.3 is 0 Å². The predicted molar refractivity (Wildman–Crippen MR) is 80.1 cm³/mol. The van der Waals surface area contributed by atoms with Gasteiger partial charge in [-0.1, -0.05) is 31.2 Å². The van der Waals surface area contributed by atoms with Crippen molar-refractivity contribution in [3.63, 3.8) is 0 Å². The summed E-state index contributed by atoms with van der Waals surface area (Å²) in [4.78, 5) is 0.637. The predicted octanol–water partition coefficient (Wildman–Crippen LogP) is 2.28. The molecule has 0 fully saturated rings. The molecule has 0 radical (unpaired) electrons. The van der Waals surface area contributed by atoms with Crippen LogP contribution in [-0.4, -0.2) is 13.5 Å². The molecule has 0 atom stereocenters. The summed E-state index contributed by atoms with van der Waals surface area (Å²) in [5.41, 5.74) is 2.15. The highest BCUT2D eigenvalue weighted by Crippen LogP contribution is 2.21. The number of rotatable bonds is 6. The highest BCUT2D eigenvalue weighted by Gasteiger charge is 2.16. The lowest BCUT2D eigenvalue weighted by molar-refractivity contribution is 0.285. The maximum atomic E-state index is 12.1. The van der Waals surface area contributed by atoms with E-state index in [4.69, 9.17) is 5.11 Å². The molecule has 2 N–H and O–H groups in total. The van der Waals surface area contributed by atoms with Gasteiger partial charge in [0.25, 0.3) is 0 Å². The van der Waals surface area contributed by atoms with Gasteiger partial charge < -0.3 is 5.11 Å². The summed E-state index contributed by atoms with van der Waals surface area (Å²) in [5.74, 6) is 0. The van der Waals surface area contributed by atoms with Gasteiger partial charge in [-0.2, -0.15) is 0 Å². The SMILES string of the molecule is CCc1ccc(CNS(=O)(=O)c2ccc(CO)s2)cc1. The Morgan fingerprint density at radius 3 is 2.30 bits per heavy atom.